The monoisotopic (exact) mass is 310 g/mol. The molecule has 1 rings (SSSR count). The van der Waals surface area contributed by atoms with Gasteiger partial charge in [-0.25, -0.2) is 9.59 Å². The average molecular weight is 310 g/mol. The lowest BCUT2D eigenvalue weighted by atomic mass is 9.92. The molecule has 6 nitrogen and oxygen atoms in total. The molecular formula is C16H22O6. The Morgan fingerprint density at radius 1 is 0.773 bits per heavy atom. The summed E-state index contributed by atoms with van der Waals surface area (Å²) in [5.74, 6) is -2.12. The topological polar surface area (TPSA) is 93.1 Å². The van der Waals surface area contributed by atoms with Gasteiger partial charge in [-0.15, -0.1) is 0 Å². The highest BCUT2D eigenvalue weighted by Crippen LogP contribution is 2.39. The quantitative estimate of drug-likeness (QED) is 0.619. The van der Waals surface area contributed by atoms with Crippen LogP contribution in [0.2, 0.25) is 0 Å². The minimum absolute atomic E-state index is 0.0910. The standard InChI is InChI=1S/C16H22O6/c1-5-9-11(15(19)21-7-3)14(18)10(6-2)12(13(9)17)16(20)22-8-4/h17-18H,5-8H2,1-4H3. The van der Waals surface area contributed by atoms with Gasteiger partial charge in [0.05, 0.1) is 13.2 Å². The predicted molar refractivity (Wildman–Crippen MR) is 80.4 cm³/mol. The van der Waals surface area contributed by atoms with Gasteiger partial charge in [-0.2, -0.15) is 0 Å². The van der Waals surface area contributed by atoms with E-state index < -0.39 is 11.9 Å². The number of carbonyl (C=O) groups excluding carboxylic acids is 2. The Labute approximate surface area is 129 Å². The summed E-state index contributed by atoms with van der Waals surface area (Å²) in [7, 11) is 0. The Hall–Kier alpha value is -2.24. The summed E-state index contributed by atoms with van der Waals surface area (Å²) in [6, 6.07) is 0. The fourth-order valence-electron chi connectivity index (χ4n) is 2.36. The SMILES string of the molecule is CCOC(=O)c1c(O)c(CC)c(C(=O)OCC)c(O)c1CC. The summed E-state index contributed by atoms with van der Waals surface area (Å²) in [6.45, 7) is 6.99. The van der Waals surface area contributed by atoms with Crippen molar-refractivity contribution in [3.05, 3.63) is 22.3 Å². The van der Waals surface area contributed by atoms with Crippen LogP contribution in [-0.2, 0) is 22.3 Å². The molecular weight excluding hydrogens is 288 g/mol. The van der Waals surface area contributed by atoms with E-state index in [0.29, 0.717) is 0 Å². The van der Waals surface area contributed by atoms with E-state index in [4.69, 9.17) is 9.47 Å². The van der Waals surface area contributed by atoms with E-state index in [9.17, 15) is 19.8 Å². The largest absolute Gasteiger partial charge is 0.507 e. The molecule has 0 saturated carbocycles. The maximum atomic E-state index is 12.1. The van der Waals surface area contributed by atoms with E-state index in [1.807, 2.05) is 0 Å². The molecule has 0 atom stereocenters. The first-order chi connectivity index (χ1) is 10.4. The molecule has 0 heterocycles. The summed E-state index contributed by atoms with van der Waals surface area (Å²) in [6.07, 6.45) is 0.508. The van der Waals surface area contributed by atoms with Crippen molar-refractivity contribution in [2.24, 2.45) is 0 Å². The molecule has 0 unspecified atom stereocenters. The van der Waals surface area contributed by atoms with Gasteiger partial charge in [0, 0.05) is 11.1 Å². The van der Waals surface area contributed by atoms with Gasteiger partial charge in [0.25, 0.3) is 0 Å². The van der Waals surface area contributed by atoms with Crippen LogP contribution in [0.15, 0.2) is 0 Å². The number of esters is 2. The first-order valence-electron chi connectivity index (χ1n) is 7.38. The van der Waals surface area contributed by atoms with Crippen LogP contribution in [0.1, 0.15) is 59.5 Å². The molecule has 1 aromatic rings. The normalized spacial score (nSPS) is 10.4. The average Bonchev–Trinajstić information content (AvgIpc) is 2.48. The van der Waals surface area contributed by atoms with Crippen LogP contribution in [0.4, 0.5) is 0 Å². The number of phenolic OH excluding ortho intramolecular Hbond substituents is 2. The Morgan fingerprint density at radius 3 is 1.32 bits per heavy atom. The summed E-state index contributed by atoms with van der Waals surface area (Å²) in [5.41, 5.74) is 0.172. The second-order valence-electron chi connectivity index (χ2n) is 4.55. The summed E-state index contributed by atoms with van der Waals surface area (Å²) in [5, 5.41) is 20.8. The van der Waals surface area contributed by atoms with Gasteiger partial charge < -0.3 is 19.7 Å². The predicted octanol–water partition coefficient (Wildman–Crippen LogP) is 2.58. The van der Waals surface area contributed by atoms with Crippen molar-refractivity contribution in [3.8, 4) is 11.5 Å². The van der Waals surface area contributed by atoms with Crippen LogP contribution in [-0.4, -0.2) is 35.4 Å². The van der Waals surface area contributed by atoms with E-state index in [2.05, 4.69) is 0 Å². The van der Waals surface area contributed by atoms with Gasteiger partial charge in [-0.05, 0) is 26.7 Å². The van der Waals surface area contributed by atoms with E-state index >= 15 is 0 Å². The summed E-state index contributed by atoms with van der Waals surface area (Å²) < 4.78 is 9.85. The fraction of sp³-hybridized carbons (Fsp3) is 0.500. The Bertz CT molecular complexity index is 525. The number of rotatable bonds is 6. The van der Waals surface area contributed by atoms with Gasteiger partial charge in [-0.1, -0.05) is 13.8 Å². The van der Waals surface area contributed by atoms with Crippen molar-refractivity contribution in [1.82, 2.24) is 0 Å². The second-order valence-corrected chi connectivity index (χ2v) is 4.55. The molecule has 0 aromatic heterocycles. The highest BCUT2D eigenvalue weighted by atomic mass is 16.5. The van der Waals surface area contributed by atoms with E-state index in [0.717, 1.165) is 0 Å². The molecule has 2 N–H and O–H groups in total. The smallest absolute Gasteiger partial charge is 0.342 e. The maximum Gasteiger partial charge on any atom is 0.342 e. The van der Waals surface area contributed by atoms with Crippen LogP contribution in [0, 0.1) is 0 Å². The van der Waals surface area contributed by atoms with Crippen molar-refractivity contribution < 1.29 is 29.3 Å². The molecule has 122 valence electrons. The molecule has 0 radical (unpaired) electrons. The number of benzene rings is 1. The number of carbonyl (C=O) groups is 2. The van der Waals surface area contributed by atoms with Crippen LogP contribution in [0.25, 0.3) is 0 Å². The highest BCUT2D eigenvalue weighted by Gasteiger charge is 2.30. The molecule has 6 heteroatoms. The molecule has 0 spiro atoms. The lowest BCUT2D eigenvalue weighted by Crippen LogP contribution is -2.15. The molecule has 22 heavy (non-hydrogen) atoms. The Morgan fingerprint density at radius 2 is 1.09 bits per heavy atom. The van der Waals surface area contributed by atoms with Crippen molar-refractivity contribution in [3.63, 3.8) is 0 Å². The molecule has 0 bridgehead atoms. The lowest BCUT2D eigenvalue weighted by Gasteiger charge is -2.18. The van der Waals surface area contributed by atoms with Gasteiger partial charge in [-0.3, -0.25) is 0 Å². The maximum absolute atomic E-state index is 12.1. The first kappa shape index (κ1) is 17.8. The molecule has 0 amide bonds. The third-order valence-corrected chi connectivity index (χ3v) is 3.32. The molecule has 1 aromatic carbocycles. The Kier molecular flexibility index (Phi) is 6.22. The second kappa shape index (κ2) is 7.68. The zero-order chi connectivity index (χ0) is 16.9. The van der Waals surface area contributed by atoms with Gasteiger partial charge in [0.1, 0.15) is 22.6 Å². The number of aromatic hydroxyl groups is 2. The first-order valence-corrected chi connectivity index (χ1v) is 7.38. The molecule has 0 aliphatic heterocycles. The summed E-state index contributed by atoms with van der Waals surface area (Å²) in [4.78, 5) is 24.1. The third-order valence-electron chi connectivity index (χ3n) is 3.32. The zero-order valence-corrected chi connectivity index (χ0v) is 13.4. The van der Waals surface area contributed by atoms with Crippen LogP contribution < -0.4 is 0 Å². The summed E-state index contributed by atoms with van der Waals surface area (Å²) >= 11 is 0. The molecule has 0 aliphatic carbocycles. The fourth-order valence-corrected chi connectivity index (χ4v) is 2.36. The number of phenols is 2. The van der Waals surface area contributed by atoms with Crippen LogP contribution >= 0.6 is 0 Å². The minimum atomic E-state index is -0.725. The molecule has 0 saturated heterocycles. The highest BCUT2D eigenvalue weighted by molar-refractivity contribution is 6.02. The third kappa shape index (κ3) is 3.16. The molecule has 0 fully saturated rings. The number of hydrogen-bond donors (Lipinski definition) is 2. The zero-order valence-electron chi connectivity index (χ0n) is 13.4. The lowest BCUT2D eigenvalue weighted by molar-refractivity contribution is 0.0502. The minimum Gasteiger partial charge on any atom is -0.507 e. The van der Waals surface area contributed by atoms with Crippen molar-refractivity contribution >= 4 is 11.9 Å². The van der Waals surface area contributed by atoms with Crippen LogP contribution in [0.5, 0.6) is 11.5 Å². The van der Waals surface area contributed by atoms with Crippen molar-refractivity contribution in [2.45, 2.75) is 40.5 Å². The van der Waals surface area contributed by atoms with E-state index in [1.165, 1.54) is 0 Å². The van der Waals surface area contributed by atoms with E-state index in [-0.39, 0.29) is 59.8 Å². The Balaban J connectivity index is 3.67. The van der Waals surface area contributed by atoms with Crippen LogP contribution in [0.3, 0.4) is 0 Å². The van der Waals surface area contributed by atoms with Gasteiger partial charge >= 0.3 is 11.9 Å². The van der Waals surface area contributed by atoms with Crippen molar-refractivity contribution in [1.29, 1.82) is 0 Å². The number of ether oxygens (including phenoxy) is 2. The van der Waals surface area contributed by atoms with Gasteiger partial charge in [0.15, 0.2) is 0 Å². The number of hydrogen-bond acceptors (Lipinski definition) is 6. The van der Waals surface area contributed by atoms with E-state index in [1.54, 1.807) is 27.7 Å². The van der Waals surface area contributed by atoms with Crippen molar-refractivity contribution in [2.75, 3.05) is 13.2 Å². The molecule has 0 aliphatic rings. The van der Waals surface area contributed by atoms with Gasteiger partial charge in [0.2, 0.25) is 0 Å².